The summed E-state index contributed by atoms with van der Waals surface area (Å²) >= 11 is 0. The summed E-state index contributed by atoms with van der Waals surface area (Å²) in [6.45, 7) is 0.817. The summed E-state index contributed by atoms with van der Waals surface area (Å²) in [4.78, 5) is 11.2. The first-order chi connectivity index (χ1) is 8.26. The molecule has 1 aromatic carbocycles. The Balaban J connectivity index is 2.26. The maximum absolute atomic E-state index is 11.2. The number of carbonyl (C=O) groups is 1. The molecule has 0 saturated heterocycles. The molecule has 4 nitrogen and oxygen atoms in total. The van der Waals surface area contributed by atoms with Crippen LogP contribution in [0.5, 0.6) is 5.75 Å². The Labute approximate surface area is 101 Å². The zero-order valence-electron chi connectivity index (χ0n) is 9.82. The highest BCUT2D eigenvalue weighted by Crippen LogP contribution is 2.11. The fourth-order valence-corrected chi connectivity index (χ4v) is 1.31. The van der Waals surface area contributed by atoms with Crippen LogP contribution in [0.1, 0.15) is 5.56 Å². The Kier molecular flexibility index (Phi) is 5.45. The van der Waals surface area contributed by atoms with Crippen molar-refractivity contribution in [3.63, 3.8) is 0 Å². The lowest BCUT2D eigenvalue weighted by atomic mass is 10.1. The van der Waals surface area contributed by atoms with Crippen molar-refractivity contribution >= 4 is 6.03 Å². The summed E-state index contributed by atoms with van der Waals surface area (Å²) < 4.78 is 5.06. The highest BCUT2D eigenvalue weighted by molar-refractivity contribution is 5.74. The predicted octanol–water partition coefficient (Wildman–Crippen LogP) is 1.17. The molecule has 0 radical (unpaired) electrons. The van der Waals surface area contributed by atoms with Crippen LogP contribution in [-0.4, -0.2) is 26.2 Å². The second kappa shape index (κ2) is 7.18. The number of nitrogens with one attached hydrogen (secondary N) is 2. The molecule has 0 spiro atoms. The van der Waals surface area contributed by atoms with E-state index >= 15 is 0 Å². The highest BCUT2D eigenvalue weighted by Gasteiger charge is 1.98. The van der Waals surface area contributed by atoms with E-state index < -0.39 is 0 Å². The molecule has 0 heterocycles. The smallest absolute Gasteiger partial charge is 0.315 e. The zero-order valence-corrected chi connectivity index (χ0v) is 9.82. The van der Waals surface area contributed by atoms with Crippen molar-refractivity contribution in [2.75, 3.05) is 20.2 Å². The van der Waals surface area contributed by atoms with Crippen molar-refractivity contribution in [1.29, 1.82) is 0 Å². The number of urea groups is 1. The number of benzene rings is 1. The van der Waals surface area contributed by atoms with Gasteiger partial charge in [0.15, 0.2) is 0 Å². The predicted molar refractivity (Wildman–Crippen MR) is 66.9 cm³/mol. The third-order valence-corrected chi connectivity index (χ3v) is 2.21. The van der Waals surface area contributed by atoms with Crippen LogP contribution in [0.3, 0.4) is 0 Å². The molecule has 17 heavy (non-hydrogen) atoms. The van der Waals surface area contributed by atoms with E-state index in [0.29, 0.717) is 6.54 Å². The summed E-state index contributed by atoms with van der Waals surface area (Å²) in [5.41, 5.74) is 1.14. The van der Waals surface area contributed by atoms with Crippen LogP contribution in [0.2, 0.25) is 0 Å². The maximum atomic E-state index is 11.2. The Morgan fingerprint density at radius 2 is 2.06 bits per heavy atom. The van der Waals surface area contributed by atoms with Gasteiger partial charge in [-0.1, -0.05) is 18.1 Å². The van der Waals surface area contributed by atoms with E-state index in [1.165, 1.54) is 0 Å². The third-order valence-electron chi connectivity index (χ3n) is 2.21. The number of hydrogen-bond acceptors (Lipinski definition) is 2. The minimum Gasteiger partial charge on any atom is -0.497 e. The molecule has 2 N–H and O–H groups in total. The van der Waals surface area contributed by atoms with Crippen molar-refractivity contribution < 1.29 is 9.53 Å². The van der Waals surface area contributed by atoms with Gasteiger partial charge in [0.05, 0.1) is 13.7 Å². The van der Waals surface area contributed by atoms with Crippen LogP contribution in [0, 0.1) is 12.3 Å². The number of ether oxygens (including phenoxy) is 1. The van der Waals surface area contributed by atoms with Crippen molar-refractivity contribution in [2.24, 2.45) is 0 Å². The van der Waals surface area contributed by atoms with Gasteiger partial charge in [-0.3, -0.25) is 0 Å². The zero-order chi connectivity index (χ0) is 12.5. The first kappa shape index (κ1) is 12.9. The van der Waals surface area contributed by atoms with Crippen molar-refractivity contribution in [2.45, 2.75) is 6.42 Å². The maximum Gasteiger partial charge on any atom is 0.315 e. The van der Waals surface area contributed by atoms with E-state index in [0.717, 1.165) is 17.7 Å². The van der Waals surface area contributed by atoms with Crippen LogP contribution in [0.25, 0.3) is 0 Å². The number of carbonyl (C=O) groups excluding carboxylic acids is 1. The topological polar surface area (TPSA) is 50.4 Å². The fourth-order valence-electron chi connectivity index (χ4n) is 1.31. The minimum atomic E-state index is -0.239. The molecule has 0 fully saturated rings. The van der Waals surface area contributed by atoms with Crippen molar-refractivity contribution in [1.82, 2.24) is 10.6 Å². The third kappa shape index (κ3) is 4.94. The van der Waals surface area contributed by atoms with Gasteiger partial charge < -0.3 is 15.4 Å². The monoisotopic (exact) mass is 232 g/mol. The largest absolute Gasteiger partial charge is 0.497 e. The van der Waals surface area contributed by atoms with Gasteiger partial charge in [0, 0.05) is 6.54 Å². The molecule has 4 heteroatoms. The Morgan fingerprint density at radius 3 is 2.65 bits per heavy atom. The second-order valence-electron chi connectivity index (χ2n) is 3.41. The average molecular weight is 232 g/mol. The van der Waals surface area contributed by atoms with E-state index in [1.54, 1.807) is 7.11 Å². The van der Waals surface area contributed by atoms with E-state index in [2.05, 4.69) is 16.6 Å². The highest BCUT2D eigenvalue weighted by atomic mass is 16.5. The van der Waals surface area contributed by atoms with Gasteiger partial charge in [-0.05, 0) is 24.1 Å². The van der Waals surface area contributed by atoms with Gasteiger partial charge in [0.2, 0.25) is 0 Å². The molecule has 90 valence electrons. The second-order valence-corrected chi connectivity index (χ2v) is 3.41. The lowest BCUT2D eigenvalue weighted by Crippen LogP contribution is -2.36. The fraction of sp³-hybridized carbons (Fsp3) is 0.308. The van der Waals surface area contributed by atoms with E-state index in [1.807, 2.05) is 24.3 Å². The molecule has 0 saturated carbocycles. The van der Waals surface area contributed by atoms with Gasteiger partial charge in [0.25, 0.3) is 0 Å². The first-order valence-corrected chi connectivity index (χ1v) is 5.34. The molecule has 1 aromatic rings. The molecule has 0 atom stereocenters. The van der Waals surface area contributed by atoms with Gasteiger partial charge >= 0.3 is 6.03 Å². The quantitative estimate of drug-likeness (QED) is 0.749. The van der Waals surface area contributed by atoms with Gasteiger partial charge in [-0.15, -0.1) is 6.42 Å². The molecular weight excluding hydrogens is 216 g/mol. The molecule has 0 aromatic heterocycles. The van der Waals surface area contributed by atoms with E-state index in [-0.39, 0.29) is 12.6 Å². The van der Waals surface area contributed by atoms with E-state index in [4.69, 9.17) is 11.2 Å². The summed E-state index contributed by atoms with van der Waals surface area (Å²) in [5, 5.41) is 5.25. The molecule has 2 amide bonds. The Morgan fingerprint density at radius 1 is 1.35 bits per heavy atom. The first-order valence-electron chi connectivity index (χ1n) is 5.34. The average Bonchev–Trinajstić information content (AvgIpc) is 2.37. The summed E-state index contributed by atoms with van der Waals surface area (Å²) in [6, 6.07) is 7.50. The number of hydrogen-bond donors (Lipinski definition) is 2. The normalized spacial score (nSPS) is 9.18. The summed E-state index contributed by atoms with van der Waals surface area (Å²) in [5.74, 6) is 3.16. The molecule has 0 bridgehead atoms. The van der Waals surface area contributed by atoms with E-state index in [9.17, 15) is 4.79 Å². The lowest BCUT2D eigenvalue weighted by Gasteiger charge is -2.06. The number of amides is 2. The Bertz CT molecular complexity index is 393. The van der Waals surface area contributed by atoms with Crippen LogP contribution in [0.4, 0.5) is 4.79 Å². The molecule has 1 rings (SSSR count). The van der Waals surface area contributed by atoms with Crippen molar-refractivity contribution in [3.05, 3.63) is 29.8 Å². The number of rotatable bonds is 5. The van der Waals surface area contributed by atoms with Gasteiger partial charge in [-0.25, -0.2) is 4.79 Å². The molecule has 0 aliphatic heterocycles. The molecular formula is C13H16N2O2. The standard InChI is InChI=1S/C13H16N2O2/c1-3-9-14-13(16)15-10-8-11-4-6-12(17-2)7-5-11/h1,4-7H,8-10H2,2H3,(H2,14,15,16). The SMILES string of the molecule is C#CCNC(=O)NCCc1ccc(OC)cc1. The Hall–Kier alpha value is -2.15. The number of methoxy groups -OCH3 is 1. The lowest BCUT2D eigenvalue weighted by molar-refractivity contribution is 0.242. The van der Waals surface area contributed by atoms with Gasteiger partial charge in [-0.2, -0.15) is 0 Å². The minimum absolute atomic E-state index is 0.239. The number of terminal acetylenes is 1. The van der Waals surface area contributed by atoms with Crippen LogP contribution in [0.15, 0.2) is 24.3 Å². The van der Waals surface area contributed by atoms with Crippen molar-refractivity contribution in [3.8, 4) is 18.1 Å². The van der Waals surface area contributed by atoms with Crippen LogP contribution < -0.4 is 15.4 Å². The summed E-state index contributed by atoms with van der Waals surface area (Å²) in [7, 11) is 1.63. The molecule has 0 aliphatic carbocycles. The molecule has 0 aliphatic rings. The van der Waals surface area contributed by atoms with Crippen LogP contribution >= 0.6 is 0 Å². The molecule has 0 unspecified atom stereocenters. The van der Waals surface area contributed by atoms with Gasteiger partial charge in [0.1, 0.15) is 5.75 Å². The van der Waals surface area contributed by atoms with Crippen LogP contribution in [-0.2, 0) is 6.42 Å². The summed E-state index contributed by atoms with van der Waals surface area (Å²) in [6.07, 6.45) is 5.79.